The second kappa shape index (κ2) is 7.87. The highest BCUT2D eigenvalue weighted by Crippen LogP contribution is 2.29. The van der Waals surface area contributed by atoms with Gasteiger partial charge in [0.2, 0.25) is 0 Å². The fraction of sp³-hybridized carbons (Fsp3) is 0.292. The van der Waals surface area contributed by atoms with Crippen LogP contribution in [-0.2, 0) is 13.0 Å². The van der Waals surface area contributed by atoms with E-state index >= 15 is 0 Å². The lowest BCUT2D eigenvalue weighted by Gasteiger charge is -2.38. The summed E-state index contributed by atoms with van der Waals surface area (Å²) in [6.45, 7) is 5.34. The van der Waals surface area contributed by atoms with Crippen LogP contribution >= 0.6 is 0 Å². The molecule has 2 aliphatic rings. The number of hydrogen-bond acceptors (Lipinski definition) is 6. The molecule has 0 fully saturated rings. The Hall–Kier alpha value is -3.52. The van der Waals surface area contributed by atoms with Crippen molar-refractivity contribution in [3.8, 4) is 16.9 Å². The Morgan fingerprint density at radius 3 is 2.81 bits per heavy atom. The summed E-state index contributed by atoms with van der Waals surface area (Å²) in [5.41, 5.74) is 8.75. The van der Waals surface area contributed by atoms with Gasteiger partial charge in [0.15, 0.2) is 17.4 Å². The van der Waals surface area contributed by atoms with Crippen molar-refractivity contribution >= 4 is 6.08 Å². The van der Waals surface area contributed by atoms with Crippen molar-refractivity contribution in [1.82, 2.24) is 19.5 Å². The lowest BCUT2D eigenvalue weighted by molar-refractivity contribution is 0.205. The second-order valence-electron chi connectivity index (χ2n) is 8.25. The zero-order valence-corrected chi connectivity index (χ0v) is 18.2. The van der Waals surface area contributed by atoms with Gasteiger partial charge in [-0.2, -0.15) is 0 Å². The number of halogens is 1. The third-order valence-electron chi connectivity index (χ3n) is 6.03. The van der Waals surface area contributed by atoms with Gasteiger partial charge in [-0.15, -0.1) is 0 Å². The molecule has 1 N–H and O–H groups in total. The van der Waals surface area contributed by atoms with E-state index in [1.54, 1.807) is 12.3 Å². The normalized spacial score (nSPS) is 17.8. The predicted molar refractivity (Wildman–Crippen MR) is 120 cm³/mol. The van der Waals surface area contributed by atoms with E-state index in [2.05, 4.69) is 26.4 Å². The number of rotatable bonds is 3. The molecule has 0 spiro atoms. The molecule has 0 saturated carbocycles. The maximum absolute atomic E-state index is 14.2. The molecule has 1 unspecified atom stereocenters. The van der Waals surface area contributed by atoms with Crippen LogP contribution < -0.4 is 15.7 Å². The summed E-state index contributed by atoms with van der Waals surface area (Å²) in [5, 5.41) is 0. The molecule has 8 heteroatoms. The number of nitrogens with one attached hydrogen (secondary N) is 1. The molecular weight excluding hydrogens is 409 g/mol. The summed E-state index contributed by atoms with van der Waals surface area (Å²) in [6, 6.07) is 8.53. The number of benzene rings is 1. The first-order chi connectivity index (χ1) is 15.4. The summed E-state index contributed by atoms with van der Waals surface area (Å²) >= 11 is 0. The third kappa shape index (κ3) is 3.56. The Morgan fingerprint density at radius 2 is 2.03 bits per heavy atom. The smallest absolute Gasteiger partial charge is 0.272 e. The van der Waals surface area contributed by atoms with Crippen LogP contribution in [0.2, 0.25) is 0 Å². The van der Waals surface area contributed by atoms with Gasteiger partial charge in [-0.05, 0) is 54.8 Å². The molecule has 3 aromatic rings. The Kier molecular flexibility index (Phi) is 5.01. The first kappa shape index (κ1) is 20.4. The van der Waals surface area contributed by atoms with Crippen molar-refractivity contribution in [3.63, 3.8) is 0 Å². The molecule has 7 nitrogen and oxygen atoms in total. The minimum Gasteiger partial charge on any atom is -0.494 e. The molecule has 0 amide bonds. The first-order valence-corrected chi connectivity index (χ1v) is 10.5. The number of hydrogen-bond donors (Lipinski definition) is 1. The van der Waals surface area contributed by atoms with Crippen molar-refractivity contribution in [3.05, 3.63) is 81.0 Å². The largest absolute Gasteiger partial charge is 0.494 e. The van der Waals surface area contributed by atoms with Crippen LogP contribution in [0.4, 0.5) is 4.39 Å². The fourth-order valence-electron chi connectivity index (χ4n) is 4.39. The zero-order valence-electron chi connectivity index (χ0n) is 18.2. The Bertz CT molecular complexity index is 1300. The Balaban J connectivity index is 1.43. The van der Waals surface area contributed by atoms with E-state index < -0.39 is 5.82 Å². The van der Waals surface area contributed by atoms with Crippen LogP contribution in [0.25, 0.3) is 17.2 Å². The lowest BCUT2D eigenvalue weighted by atomic mass is 9.99. The van der Waals surface area contributed by atoms with Crippen molar-refractivity contribution < 1.29 is 9.13 Å². The highest BCUT2D eigenvalue weighted by molar-refractivity contribution is 5.64. The van der Waals surface area contributed by atoms with Gasteiger partial charge in [0.25, 0.3) is 5.56 Å². The maximum Gasteiger partial charge on any atom is 0.272 e. The number of pyridine rings is 1. The number of aromatic nitrogens is 3. The molecule has 32 heavy (non-hydrogen) atoms. The summed E-state index contributed by atoms with van der Waals surface area (Å²) < 4.78 is 20.7. The minimum atomic E-state index is -0.399. The number of fused-ring (bicyclic) bond motifs is 2. The number of nitrogens with zero attached hydrogens (tertiary/aromatic N) is 4. The fourth-order valence-corrected chi connectivity index (χ4v) is 4.39. The summed E-state index contributed by atoms with van der Waals surface area (Å²) in [4.78, 5) is 23.8. The summed E-state index contributed by atoms with van der Waals surface area (Å²) in [5.74, 6) is 0.438. The van der Waals surface area contributed by atoms with E-state index in [0.717, 1.165) is 40.9 Å². The molecular formula is C24H24FN5O2. The number of methoxy groups -OCH3 is 1. The van der Waals surface area contributed by atoms with Gasteiger partial charge >= 0.3 is 0 Å². The topological polar surface area (TPSA) is 72.3 Å². The van der Waals surface area contributed by atoms with E-state index in [9.17, 15) is 9.18 Å². The molecule has 2 aromatic heterocycles. The highest BCUT2D eigenvalue weighted by Gasteiger charge is 2.29. The SMILES string of the molecule is COc1ccc(-c2cnc3c(c2)CN(C2Nn4c(nc(C)cc4=O)C=C2C)CC3)cc1F. The predicted octanol–water partition coefficient (Wildman–Crippen LogP) is 3.11. The van der Waals surface area contributed by atoms with Gasteiger partial charge in [-0.25, -0.2) is 14.1 Å². The standard InChI is InChI=1S/C24H24FN5O2/c1-14-8-22-27-15(2)9-23(31)30(22)28-24(14)29-7-6-20-18(13-29)10-17(12-26-20)16-4-5-21(32-3)19(25)11-16/h4-5,8-12,24,28H,6-7,13H2,1-3H3. The van der Waals surface area contributed by atoms with Crippen molar-refractivity contribution in [2.45, 2.75) is 33.0 Å². The lowest BCUT2D eigenvalue weighted by Crippen LogP contribution is -2.51. The van der Waals surface area contributed by atoms with Crippen LogP contribution in [0.15, 0.2) is 46.9 Å². The molecule has 5 rings (SSSR count). The molecule has 0 bridgehead atoms. The molecule has 1 aromatic carbocycles. The van der Waals surface area contributed by atoms with Crippen LogP contribution in [0.1, 0.15) is 29.7 Å². The van der Waals surface area contributed by atoms with Crippen LogP contribution in [0, 0.1) is 12.7 Å². The Labute approximate surface area is 185 Å². The van der Waals surface area contributed by atoms with Gasteiger partial charge in [0.05, 0.1) is 7.11 Å². The van der Waals surface area contributed by atoms with Crippen molar-refractivity contribution in [2.24, 2.45) is 0 Å². The number of aryl methyl sites for hydroxylation is 1. The van der Waals surface area contributed by atoms with Crippen molar-refractivity contribution in [1.29, 1.82) is 0 Å². The minimum absolute atomic E-state index is 0.121. The zero-order chi connectivity index (χ0) is 22.4. The van der Waals surface area contributed by atoms with E-state index in [1.807, 2.05) is 26.0 Å². The summed E-state index contributed by atoms with van der Waals surface area (Å²) in [6.07, 6.45) is 4.43. The average molecular weight is 433 g/mol. The molecule has 164 valence electrons. The van der Waals surface area contributed by atoms with E-state index in [0.29, 0.717) is 18.1 Å². The summed E-state index contributed by atoms with van der Waals surface area (Å²) in [7, 11) is 1.45. The monoisotopic (exact) mass is 433 g/mol. The maximum atomic E-state index is 14.2. The molecule has 0 aliphatic carbocycles. The van der Waals surface area contributed by atoms with Crippen LogP contribution in [0.3, 0.4) is 0 Å². The van der Waals surface area contributed by atoms with Crippen molar-refractivity contribution in [2.75, 3.05) is 19.1 Å². The van der Waals surface area contributed by atoms with Gasteiger partial charge in [-0.1, -0.05) is 6.07 Å². The second-order valence-corrected chi connectivity index (χ2v) is 8.25. The first-order valence-electron chi connectivity index (χ1n) is 10.5. The number of ether oxygens (including phenoxy) is 1. The molecule has 0 radical (unpaired) electrons. The molecule has 1 atom stereocenters. The van der Waals surface area contributed by atoms with Gasteiger partial charge in [0, 0.05) is 48.7 Å². The van der Waals surface area contributed by atoms with E-state index in [4.69, 9.17) is 4.74 Å². The van der Waals surface area contributed by atoms with E-state index in [-0.39, 0.29) is 17.5 Å². The molecule has 0 saturated heterocycles. The van der Waals surface area contributed by atoms with E-state index in [1.165, 1.54) is 23.9 Å². The molecule has 4 heterocycles. The average Bonchev–Trinajstić information content (AvgIpc) is 2.77. The molecule has 2 aliphatic heterocycles. The third-order valence-corrected chi connectivity index (χ3v) is 6.03. The van der Waals surface area contributed by atoms with Gasteiger partial charge in [-0.3, -0.25) is 20.1 Å². The Morgan fingerprint density at radius 1 is 1.19 bits per heavy atom. The van der Waals surface area contributed by atoms with Gasteiger partial charge < -0.3 is 4.74 Å². The van der Waals surface area contributed by atoms with Crippen LogP contribution in [-0.4, -0.2) is 39.4 Å². The quantitative estimate of drug-likeness (QED) is 0.684. The highest BCUT2D eigenvalue weighted by atomic mass is 19.1. The van der Waals surface area contributed by atoms with Gasteiger partial charge in [0.1, 0.15) is 6.17 Å². The van der Waals surface area contributed by atoms with Crippen LogP contribution in [0.5, 0.6) is 5.75 Å².